The van der Waals surface area contributed by atoms with Crippen molar-refractivity contribution in [2.75, 3.05) is 23.7 Å². The van der Waals surface area contributed by atoms with Gasteiger partial charge in [0.1, 0.15) is 12.6 Å². The number of nitrogens with one attached hydrogen (secondary N) is 1. The lowest BCUT2D eigenvalue weighted by Gasteiger charge is -2.33. The van der Waals surface area contributed by atoms with Crippen molar-refractivity contribution in [3.63, 3.8) is 0 Å². The molecular formula is C30H36BrN3O4S. The number of halogens is 1. The van der Waals surface area contributed by atoms with E-state index in [0.717, 1.165) is 44.6 Å². The van der Waals surface area contributed by atoms with Crippen LogP contribution in [0.3, 0.4) is 0 Å². The molecular weight excluding hydrogens is 578 g/mol. The first-order chi connectivity index (χ1) is 18.6. The van der Waals surface area contributed by atoms with Crippen LogP contribution in [0, 0.1) is 6.92 Å². The Hall–Kier alpha value is -3.17. The van der Waals surface area contributed by atoms with Crippen molar-refractivity contribution >= 4 is 43.5 Å². The highest BCUT2D eigenvalue weighted by Crippen LogP contribution is 2.22. The molecule has 0 spiro atoms. The molecule has 0 aromatic heterocycles. The van der Waals surface area contributed by atoms with E-state index in [4.69, 9.17) is 0 Å². The fraction of sp³-hybridized carbons (Fsp3) is 0.333. The first-order valence-electron chi connectivity index (χ1n) is 13.0. The fourth-order valence-electron chi connectivity index (χ4n) is 4.29. The van der Waals surface area contributed by atoms with Crippen molar-refractivity contribution in [3.8, 4) is 0 Å². The third-order valence-electron chi connectivity index (χ3n) is 6.33. The summed E-state index contributed by atoms with van der Waals surface area (Å²) in [5.41, 5.74) is 3.16. The zero-order valence-corrected chi connectivity index (χ0v) is 25.0. The normalized spacial score (nSPS) is 12.0. The zero-order valence-electron chi connectivity index (χ0n) is 22.6. The molecule has 3 aromatic rings. The predicted octanol–water partition coefficient (Wildman–Crippen LogP) is 5.08. The average Bonchev–Trinajstić information content (AvgIpc) is 2.90. The van der Waals surface area contributed by atoms with Crippen LogP contribution in [0.2, 0.25) is 0 Å². The first kappa shape index (κ1) is 30.4. The molecule has 0 fully saturated rings. The minimum Gasteiger partial charge on any atom is -0.354 e. The lowest BCUT2D eigenvalue weighted by molar-refractivity contribution is -0.140. The molecule has 3 rings (SSSR count). The number of benzene rings is 3. The molecule has 0 radical (unpaired) electrons. The lowest BCUT2D eigenvalue weighted by atomic mass is 10.0. The van der Waals surface area contributed by atoms with Crippen LogP contribution in [0.5, 0.6) is 0 Å². The third-order valence-corrected chi connectivity index (χ3v) is 8.00. The van der Waals surface area contributed by atoms with Crippen molar-refractivity contribution in [1.82, 2.24) is 10.2 Å². The Balaban J connectivity index is 2.02. The molecule has 208 valence electrons. The quantitative estimate of drug-likeness (QED) is 0.272. The summed E-state index contributed by atoms with van der Waals surface area (Å²) in [7, 11) is -3.79. The zero-order chi connectivity index (χ0) is 28.4. The van der Waals surface area contributed by atoms with E-state index >= 15 is 0 Å². The van der Waals surface area contributed by atoms with Crippen molar-refractivity contribution in [2.24, 2.45) is 0 Å². The van der Waals surface area contributed by atoms with E-state index in [1.54, 1.807) is 24.3 Å². The predicted molar refractivity (Wildman–Crippen MR) is 160 cm³/mol. The molecule has 1 atom stereocenters. The summed E-state index contributed by atoms with van der Waals surface area (Å²) in [6.45, 7) is 4.25. The Kier molecular flexibility index (Phi) is 11.1. The average molecular weight is 615 g/mol. The van der Waals surface area contributed by atoms with Gasteiger partial charge < -0.3 is 10.2 Å². The van der Waals surface area contributed by atoms with Crippen LogP contribution in [-0.4, -0.2) is 50.5 Å². The van der Waals surface area contributed by atoms with Crippen LogP contribution >= 0.6 is 15.9 Å². The van der Waals surface area contributed by atoms with Crippen molar-refractivity contribution in [1.29, 1.82) is 0 Å². The van der Waals surface area contributed by atoms with E-state index in [-0.39, 0.29) is 12.5 Å². The van der Waals surface area contributed by atoms with Crippen LogP contribution in [0.4, 0.5) is 5.69 Å². The number of carbonyl (C=O) groups excluding carboxylic acids is 2. The number of unbranched alkanes of at least 4 members (excludes halogenated alkanes) is 1. The molecule has 0 saturated heterocycles. The number of amides is 2. The summed E-state index contributed by atoms with van der Waals surface area (Å²) < 4.78 is 27.5. The first-order valence-corrected chi connectivity index (χ1v) is 15.6. The third kappa shape index (κ3) is 9.21. The minimum absolute atomic E-state index is 0.164. The monoisotopic (exact) mass is 613 g/mol. The van der Waals surface area contributed by atoms with Crippen molar-refractivity contribution in [3.05, 3.63) is 100 Å². The van der Waals surface area contributed by atoms with Gasteiger partial charge in [-0.1, -0.05) is 89.4 Å². The molecule has 0 aliphatic rings. The van der Waals surface area contributed by atoms with E-state index < -0.39 is 28.5 Å². The molecule has 0 bridgehead atoms. The second-order valence-electron chi connectivity index (χ2n) is 9.61. The number of nitrogens with zero attached hydrogens (tertiary/aromatic N) is 2. The summed E-state index contributed by atoms with van der Waals surface area (Å²) in [5, 5.41) is 2.99. The van der Waals surface area contributed by atoms with Gasteiger partial charge in [-0.3, -0.25) is 13.9 Å². The second-order valence-corrected chi connectivity index (χ2v) is 12.4. The Bertz CT molecular complexity index is 1350. The SMILES string of the molecule is CCCCNC(=O)[C@@H](Cc1ccccc1)N(Cc1cccc(C)c1)C(=O)CN(c1ccc(Br)cc1)S(C)(=O)=O. The topological polar surface area (TPSA) is 86.8 Å². The van der Waals surface area contributed by atoms with Crippen LogP contribution in [0.15, 0.2) is 83.3 Å². The molecule has 9 heteroatoms. The van der Waals surface area contributed by atoms with Gasteiger partial charge in [0.15, 0.2) is 0 Å². The summed E-state index contributed by atoms with van der Waals surface area (Å²) in [6.07, 6.45) is 3.12. The fourth-order valence-corrected chi connectivity index (χ4v) is 5.40. The summed E-state index contributed by atoms with van der Waals surface area (Å²) in [4.78, 5) is 29.1. The molecule has 0 unspecified atom stereocenters. The van der Waals surface area contributed by atoms with Gasteiger partial charge in [0.05, 0.1) is 11.9 Å². The minimum atomic E-state index is -3.79. The van der Waals surface area contributed by atoms with Gasteiger partial charge in [-0.15, -0.1) is 0 Å². The van der Waals surface area contributed by atoms with Gasteiger partial charge in [0.2, 0.25) is 21.8 Å². The number of rotatable bonds is 13. The summed E-state index contributed by atoms with van der Waals surface area (Å²) >= 11 is 3.37. The Morgan fingerprint density at radius 2 is 1.62 bits per heavy atom. The molecule has 2 amide bonds. The Labute approximate surface area is 240 Å². The van der Waals surface area contributed by atoms with Crippen LogP contribution in [0.25, 0.3) is 0 Å². The van der Waals surface area contributed by atoms with E-state index in [2.05, 4.69) is 21.2 Å². The van der Waals surface area contributed by atoms with Crippen LogP contribution < -0.4 is 9.62 Å². The molecule has 3 aromatic carbocycles. The second kappa shape index (κ2) is 14.3. The number of hydrogen-bond donors (Lipinski definition) is 1. The maximum atomic E-state index is 14.0. The molecule has 39 heavy (non-hydrogen) atoms. The van der Waals surface area contributed by atoms with Crippen molar-refractivity contribution < 1.29 is 18.0 Å². The van der Waals surface area contributed by atoms with Gasteiger partial charge in [-0.25, -0.2) is 8.42 Å². The number of carbonyl (C=O) groups is 2. The number of anilines is 1. The number of sulfonamides is 1. The van der Waals surface area contributed by atoms with E-state index in [1.807, 2.05) is 68.4 Å². The highest BCUT2D eigenvalue weighted by Gasteiger charge is 2.33. The van der Waals surface area contributed by atoms with Crippen LogP contribution in [0.1, 0.15) is 36.5 Å². The van der Waals surface area contributed by atoms with Crippen molar-refractivity contribution in [2.45, 2.75) is 45.7 Å². The molecule has 7 nitrogen and oxygen atoms in total. The lowest BCUT2D eigenvalue weighted by Crippen LogP contribution is -2.53. The molecule has 0 saturated carbocycles. The molecule has 0 heterocycles. The highest BCUT2D eigenvalue weighted by atomic mass is 79.9. The summed E-state index contributed by atoms with van der Waals surface area (Å²) in [6, 6.07) is 23.2. The summed E-state index contributed by atoms with van der Waals surface area (Å²) in [5.74, 6) is -0.723. The van der Waals surface area contributed by atoms with Gasteiger partial charge >= 0.3 is 0 Å². The van der Waals surface area contributed by atoms with E-state index in [0.29, 0.717) is 18.7 Å². The van der Waals surface area contributed by atoms with E-state index in [9.17, 15) is 18.0 Å². The Morgan fingerprint density at radius 3 is 2.23 bits per heavy atom. The smallest absolute Gasteiger partial charge is 0.244 e. The number of hydrogen-bond acceptors (Lipinski definition) is 4. The maximum Gasteiger partial charge on any atom is 0.244 e. The van der Waals surface area contributed by atoms with Gasteiger partial charge in [0.25, 0.3) is 0 Å². The Morgan fingerprint density at radius 1 is 0.949 bits per heavy atom. The van der Waals surface area contributed by atoms with Gasteiger partial charge in [0, 0.05) is 24.0 Å². The standard InChI is InChI=1S/C30H36BrN3O4S/c1-4-5-18-32-30(36)28(20-24-11-7-6-8-12-24)33(21-25-13-9-10-23(2)19-25)29(35)22-34(39(3,37)38)27-16-14-26(31)15-17-27/h6-17,19,28H,4-5,18,20-22H2,1-3H3,(H,32,36)/t28-/m1/s1. The molecule has 1 N–H and O–H groups in total. The largest absolute Gasteiger partial charge is 0.354 e. The van der Waals surface area contributed by atoms with E-state index in [1.165, 1.54) is 4.90 Å². The highest BCUT2D eigenvalue weighted by molar-refractivity contribution is 9.10. The number of aryl methyl sites for hydroxylation is 1. The van der Waals surface area contributed by atoms with Crippen LogP contribution in [-0.2, 0) is 32.6 Å². The maximum absolute atomic E-state index is 14.0. The molecule has 0 aliphatic carbocycles. The van der Waals surface area contributed by atoms with Gasteiger partial charge in [-0.2, -0.15) is 0 Å². The van der Waals surface area contributed by atoms with Gasteiger partial charge in [-0.05, 0) is 48.7 Å². The molecule has 0 aliphatic heterocycles.